The number of alkyl halides is 2. The molecule has 0 saturated heterocycles. The average molecular weight is 457 g/mol. The third-order valence-electron chi connectivity index (χ3n) is 6.59. The second-order valence-electron chi connectivity index (χ2n) is 8.79. The molecule has 3 aromatic rings. The van der Waals surface area contributed by atoms with Crippen molar-refractivity contribution in [2.24, 2.45) is 0 Å². The number of pyridine rings is 1. The van der Waals surface area contributed by atoms with Crippen molar-refractivity contribution in [3.05, 3.63) is 47.9 Å². The lowest BCUT2D eigenvalue weighted by Crippen LogP contribution is -2.55. The smallest absolute Gasteiger partial charge is 0.270 e. The second-order valence-corrected chi connectivity index (χ2v) is 8.79. The fourth-order valence-electron chi connectivity index (χ4n) is 4.82. The van der Waals surface area contributed by atoms with Crippen molar-refractivity contribution in [1.82, 2.24) is 20.5 Å². The lowest BCUT2D eigenvalue weighted by molar-refractivity contribution is -0.131. The third-order valence-corrected chi connectivity index (χ3v) is 6.59. The van der Waals surface area contributed by atoms with Crippen molar-refractivity contribution in [2.75, 3.05) is 11.4 Å². The van der Waals surface area contributed by atoms with Crippen LogP contribution in [0.5, 0.6) is 5.88 Å². The molecule has 3 heterocycles. The predicted octanol–water partition coefficient (Wildman–Crippen LogP) is 2.45. The molecular weight excluding hydrogens is 439 g/mol. The molecule has 1 atom stereocenters. The van der Waals surface area contributed by atoms with E-state index in [0.29, 0.717) is 11.4 Å². The number of fused-ring (bicyclic) bond motifs is 3. The molecule has 8 nitrogen and oxygen atoms in total. The van der Waals surface area contributed by atoms with Crippen molar-refractivity contribution >= 4 is 28.5 Å². The molecule has 170 valence electrons. The van der Waals surface area contributed by atoms with Gasteiger partial charge in [-0.25, -0.2) is 18.2 Å². The molecule has 1 spiro atoms. The Morgan fingerprint density at radius 1 is 1.24 bits per heavy atom. The number of rotatable bonds is 5. The van der Waals surface area contributed by atoms with E-state index in [1.807, 2.05) is 0 Å². The van der Waals surface area contributed by atoms with Crippen molar-refractivity contribution in [2.45, 2.75) is 42.7 Å². The molecule has 2 aliphatic carbocycles. The summed E-state index contributed by atoms with van der Waals surface area (Å²) in [5, 5.41) is 8.94. The highest BCUT2D eigenvalue weighted by Gasteiger charge is 2.61. The molecule has 3 aliphatic rings. The minimum Gasteiger partial charge on any atom is -0.474 e. The van der Waals surface area contributed by atoms with Crippen molar-refractivity contribution in [1.29, 1.82) is 0 Å². The third kappa shape index (κ3) is 3.05. The number of hydrogen-bond acceptors (Lipinski definition) is 5. The van der Waals surface area contributed by atoms with Crippen LogP contribution in [0.3, 0.4) is 0 Å². The first-order valence-corrected chi connectivity index (χ1v) is 10.5. The van der Waals surface area contributed by atoms with Crippen LogP contribution in [0.15, 0.2) is 36.5 Å². The average Bonchev–Trinajstić information content (AvgIpc) is 3.07. The van der Waals surface area contributed by atoms with Gasteiger partial charge in [-0.3, -0.25) is 14.7 Å². The molecule has 2 amide bonds. The molecule has 0 radical (unpaired) electrons. The Hall–Kier alpha value is -3.63. The van der Waals surface area contributed by atoms with Gasteiger partial charge in [0.05, 0.1) is 28.9 Å². The van der Waals surface area contributed by atoms with Gasteiger partial charge in [0.1, 0.15) is 24.0 Å². The first kappa shape index (κ1) is 20.0. The maximum absolute atomic E-state index is 14.9. The summed E-state index contributed by atoms with van der Waals surface area (Å²) in [6.45, 7) is -0.451. The van der Waals surface area contributed by atoms with Gasteiger partial charge in [0.2, 0.25) is 17.7 Å². The van der Waals surface area contributed by atoms with Crippen molar-refractivity contribution < 1.29 is 27.5 Å². The van der Waals surface area contributed by atoms with Gasteiger partial charge in [-0.2, -0.15) is 5.10 Å². The van der Waals surface area contributed by atoms with E-state index < -0.39 is 48.0 Å². The molecule has 11 heteroatoms. The molecule has 1 unspecified atom stereocenters. The maximum Gasteiger partial charge on any atom is 0.270 e. The number of benzene rings is 1. The van der Waals surface area contributed by atoms with Crippen LogP contribution in [0, 0.1) is 5.82 Å². The Balaban J connectivity index is 1.21. The van der Waals surface area contributed by atoms with E-state index in [4.69, 9.17) is 4.74 Å². The SMILES string of the molecule is O=C(CN1C(=O)C2(CC(Oc3ccc4[nH]ncc4n3)C2)c2c(F)cccc21)NC1CC1(F)F. The summed E-state index contributed by atoms with van der Waals surface area (Å²) in [5.74, 6) is -4.23. The summed E-state index contributed by atoms with van der Waals surface area (Å²) in [6, 6.07) is 6.53. The number of carbonyl (C=O) groups is 2. The van der Waals surface area contributed by atoms with E-state index >= 15 is 0 Å². The monoisotopic (exact) mass is 457 g/mol. The van der Waals surface area contributed by atoms with Crippen molar-refractivity contribution in [3.8, 4) is 5.88 Å². The highest BCUT2D eigenvalue weighted by Crippen LogP contribution is 2.55. The zero-order valence-corrected chi connectivity index (χ0v) is 17.1. The van der Waals surface area contributed by atoms with Gasteiger partial charge in [-0.05, 0) is 18.2 Å². The predicted molar refractivity (Wildman–Crippen MR) is 109 cm³/mol. The van der Waals surface area contributed by atoms with Crippen LogP contribution >= 0.6 is 0 Å². The highest BCUT2D eigenvalue weighted by molar-refractivity contribution is 6.11. The van der Waals surface area contributed by atoms with Gasteiger partial charge in [-0.1, -0.05) is 6.07 Å². The summed E-state index contributed by atoms with van der Waals surface area (Å²) in [4.78, 5) is 31.2. The van der Waals surface area contributed by atoms with Gasteiger partial charge < -0.3 is 15.0 Å². The highest BCUT2D eigenvalue weighted by atomic mass is 19.3. The number of hydrogen-bond donors (Lipinski definition) is 2. The van der Waals surface area contributed by atoms with E-state index in [1.165, 1.54) is 17.0 Å². The summed E-state index contributed by atoms with van der Waals surface area (Å²) < 4.78 is 47.1. The van der Waals surface area contributed by atoms with Crippen LogP contribution in [0.2, 0.25) is 0 Å². The Bertz CT molecular complexity index is 1300. The van der Waals surface area contributed by atoms with Crippen LogP contribution in [-0.2, 0) is 15.0 Å². The Morgan fingerprint density at radius 3 is 2.79 bits per heavy atom. The number of nitrogens with zero attached hydrogens (tertiary/aromatic N) is 3. The number of carbonyl (C=O) groups excluding carboxylic acids is 2. The van der Waals surface area contributed by atoms with Gasteiger partial charge in [0.15, 0.2) is 0 Å². The Kier molecular flexibility index (Phi) is 4.06. The fraction of sp³-hybridized carbons (Fsp3) is 0.364. The molecule has 33 heavy (non-hydrogen) atoms. The van der Waals surface area contributed by atoms with Crippen LogP contribution in [0.25, 0.3) is 11.0 Å². The van der Waals surface area contributed by atoms with E-state index in [9.17, 15) is 22.8 Å². The normalized spacial score (nSPS) is 26.9. The number of aromatic amines is 1. The number of ether oxygens (including phenoxy) is 1. The maximum atomic E-state index is 14.9. The first-order chi connectivity index (χ1) is 15.8. The fourth-order valence-corrected chi connectivity index (χ4v) is 4.82. The minimum absolute atomic E-state index is 0.212. The molecular formula is C22H18F3N5O3. The zero-order valence-electron chi connectivity index (χ0n) is 17.1. The lowest BCUT2D eigenvalue weighted by Gasteiger charge is -2.43. The number of H-pyrrole nitrogens is 1. The summed E-state index contributed by atoms with van der Waals surface area (Å²) in [7, 11) is 0. The van der Waals surface area contributed by atoms with Gasteiger partial charge >= 0.3 is 0 Å². The van der Waals surface area contributed by atoms with E-state index in [1.54, 1.807) is 24.4 Å². The van der Waals surface area contributed by atoms with Crippen LogP contribution in [-0.4, -0.2) is 51.6 Å². The molecule has 2 N–H and O–H groups in total. The standard InChI is InChI=1S/C22H18F3N5O3/c23-12-2-1-3-15-19(12)21(20(32)30(15)10-17(31)28-16-8-22(16,24)25)6-11(7-21)33-18-5-4-13-14(27-18)9-26-29-13/h1-5,9,11,16H,6-8,10H2,(H,26,29)(H,28,31). The number of nitrogens with one attached hydrogen (secondary N) is 2. The molecule has 0 bridgehead atoms. The van der Waals surface area contributed by atoms with Gasteiger partial charge in [0.25, 0.3) is 5.92 Å². The summed E-state index contributed by atoms with van der Waals surface area (Å²) >= 11 is 0. The molecule has 2 saturated carbocycles. The van der Waals surface area contributed by atoms with Crippen molar-refractivity contribution in [3.63, 3.8) is 0 Å². The molecule has 6 rings (SSSR count). The molecule has 2 fully saturated rings. The van der Waals surface area contributed by atoms with E-state index in [0.717, 1.165) is 5.52 Å². The Morgan fingerprint density at radius 2 is 2.03 bits per heavy atom. The largest absolute Gasteiger partial charge is 0.474 e. The van der Waals surface area contributed by atoms with Gasteiger partial charge in [-0.15, -0.1) is 0 Å². The topological polar surface area (TPSA) is 100 Å². The molecule has 2 aromatic heterocycles. The number of anilines is 1. The van der Waals surface area contributed by atoms with E-state index in [2.05, 4.69) is 20.5 Å². The van der Waals surface area contributed by atoms with Crippen LogP contribution in [0.1, 0.15) is 24.8 Å². The lowest BCUT2D eigenvalue weighted by atomic mass is 9.63. The van der Waals surface area contributed by atoms with Crippen LogP contribution in [0.4, 0.5) is 18.9 Å². The quantitative estimate of drug-likeness (QED) is 0.613. The number of halogens is 3. The summed E-state index contributed by atoms with van der Waals surface area (Å²) in [5.41, 5.74) is 0.738. The second kappa shape index (κ2) is 6.69. The summed E-state index contributed by atoms with van der Waals surface area (Å²) in [6.07, 6.45) is 1.20. The number of aromatic nitrogens is 3. The molecule has 1 aromatic carbocycles. The molecule has 1 aliphatic heterocycles. The van der Waals surface area contributed by atoms with Gasteiger partial charge in [0, 0.05) is 30.9 Å². The zero-order chi connectivity index (χ0) is 23.0. The minimum atomic E-state index is -2.91. The number of amides is 2. The van der Waals surface area contributed by atoms with Crippen LogP contribution < -0.4 is 15.0 Å². The Labute approximate surface area is 185 Å². The first-order valence-electron chi connectivity index (χ1n) is 10.5. The van der Waals surface area contributed by atoms with E-state index in [-0.39, 0.29) is 30.2 Å².